The second-order valence-electron chi connectivity index (χ2n) is 24.1. The molecule has 7 N–H and O–H groups in total. The van der Waals surface area contributed by atoms with Crippen molar-refractivity contribution in [2.45, 2.75) is 71.9 Å². The smallest absolute Gasteiger partial charge is 1.00 e. The molecule has 2 aliphatic rings. The Bertz CT molecular complexity index is 4330. The fourth-order valence-corrected chi connectivity index (χ4v) is 11.3. The number of aryl methyl sites for hydroxylation is 5. The first-order valence-electron chi connectivity index (χ1n) is 34.4. The van der Waals surface area contributed by atoms with Crippen LogP contribution in [0.2, 0.25) is 0 Å². The Kier molecular flexibility index (Phi) is 43.1. The van der Waals surface area contributed by atoms with Gasteiger partial charge in [0, 0.05) is 36.5 Å². The van der Waals surface area contributed by atoms with Gasteiger partial charge in [-0.25, -0.2) is 17.6 Å². The summed E-state index contributed by atoms with van der Waals surface area (Å²) in [5.74, 6) is 5.98. The van der Waals surface area contributed by atoms with E-state index in [-0.39, 0.29) is 106 Å². The van der Waals surface area contributed by atoms with E-state index in [0.29, 0.717) is 42.0 Å². The number of alkyl halides is 1. The molecule has 12 nitrogen and oxygen atoms in total. The van der Waals surface area contributed by atoms with Gasteiger partial charge in [-0.15, -0.1) is 12.1 Å². The molecular formula is C88H91Br2F5MgN4O8. The summed E-state index contributed by atoms with van der Waals surface area (Å²) >= 11 is 3.36. The standard InChI is InChI=1S/C24H20FNO3.C16H16BrFO.C16H18FNO.C14H13FO.C8H8O.C6H4F.C4H8O.BrH.Mg.H4N2/c1-16-7-2-3-10-19(16)22(17-8-6-9-18(25)15-17)29-14-13-26-23(27)20-11-4-5-12-21(20)24(26)28;1-12-5-2-3-8-15(12)16(19-10-9-17)13-6-4-7-14(18)11-13;1-12-5-2-3-8-15(12)16(19-10-9-18)13-6-4-7-14(17)11-13;1-10-5-2-3-8-13(10)14(16)11-6-4-7-12(15)9-11;1-7-4-2-3-5-8(7)6-9;7-6-4-2-1-3-5-6;1-2-4-5-3-1;;;1-2/h2-12,15,22H,13-14H2,1H3;2-8,11,16H,9-10H2,1H3;2-8,11,16H,9-10,18H2,1H3;2-9,14,16H,1H3;2-6H,1H3;1-2,4-5H;1-4H2;1H;;1-2H2/q;;;;;-1;;;+2;/p-1. The van der Waals surface area contributed by atoms with E-state index in [1.54, 1.807) is 66.7 Å². The van der Waals surface area contributed by atoms with E-state index < -0.39 is 12.2 Å². The van der Waals surface area contributed by atoms with Crippen molar-refractivity contribution < 1.29 is 77.4 Å². The summed E-state index contributed by atoms with van der Waals surface area (Å²) in [5.41, 5.74) is 19.2. The van der Waals surface area contributed by atoms with Crippen molar-refractivity contribution >= 4 is 57.1 Å². The Morgan fingerprint density at radius 3 is 1.15 bits per heavy atom. The van der Waals surface area contributed by atoms with Gasteiger partial charge < -0.3 is 46.8 Å². The third kappa shape index (κ3) is 29.7. The summed E-state index contributed by atoms with van der Waals surface area (Å²) in [6.45, 7) is 13.6. The number of nitrogens with zero attached hydrogens (tertiary/aromatic N) is 1. The van der Waals surface area contributed by atoms with Crippen LogP contribution in [0.4, 0.5) is 22.0 Å². The molecule has 2 heterocycles. The number of rotatable bonds is 19. The fraction of sp³-hybridized carbons (Fsp3) is 0.216. The number of hydrazine groups is 1. The van der Waals surface area contributed by atoms with Crippen LogP contribution in [0.1, 0.15) is 141 Å². The molecule has 20 heteroatoms. The number of carbonyl (C=O) groups is 3. The maximum atomic E-state index is 13.8. The van der Waals surface area contributed by atoms with Crippen LogP contribution in [0.15, 0.2) is 267 Å². The van der Waals surface area contributed by atoms with E-state index in [1.807, 2.05) is 174 Å². The number of aliphatic hydroxyl groups excluding tert-OH is 1. The molecule has 4 atom stereocenters. The number of fused-ring (bicyclic) bond motifs is 1. The van der Waals surface area contributed by atoms with Gasteiger partial charge in [0.25, 0.3) is 11.8 Å². The molecular weight excluding hydrogens is 1520 g/mol. The molecule has 1 fully saturated rings. The topological polar surface area (TPSA) is 190 Å². The zero-order valence-corrected chi connectivity index (χ0v) is 65.8. The molecule has 0 saturated carbocycles. The zero-order valence-electron chi connectivity index (χ0n) is 61.2. The van der Waals surface area contributed by atoms with Gasteiger partial charge in [0.1, 0.15) is 54.0 Å². The first kappa shape index (κ1) is 91.7. The molecule has 108 heavy (non-hydrogen) atoms. The van der Waals surface area contributed by atoms with Crippen molar-refractivity contribution in [1.82, 2.24) is 4.90 Å². The normalized spacial score (nSPS) is 12.5. The van der Waals surface area contributed by atoms with Gasteiger partial charge in [0.2, 0.25) is 0 Å². The predicted molar refractivity (Wildman–Crippen MR) is 418 cm³/mol. The van der Waals surface area contributed by atoms with Gasteiger partial charge in [-0.1, -0.05) is 198 Å². The molecule has 562 valence electrons. The summed E-state index contributed by atoms with van der Waals surface area (Å²) in [5, 5.41) is 10.9. The number of nitrogens with two attached hydrogens (primary N) is 3. The number of halogens is 7. The Balaban J connectivity index is 0.000000279. The van der Waals surface area contributed by atoms with Crippen LogP contribution in [-0.4, -0.2) is 103 Å². The molecule has 0 radical (unpaired) electrons. The largest absolute Gasteiger partial charge is 2.00 e. The van der Waals surface area contributed by atoms with Crippen LogP contribution in [0, 0.1) is 69.8 Å². The Morgan fingerprint density at radius 2 is 0.824 bits per heavy atom. The average Bonchev–Trinajstić information content (AvgIpc) is 1.63. The van der Waals surface area contributed by atoms with Crippen molar-refractivity contribution in [2.75, 3.05) is 51.5 Å². The van der Waals surface area contributed by atoms with Gasteiger partial charge in [-0.2, -0.15) is 18.2 Å². The fourth-order valence-electron chi connectivity index (χ4n) is 11.2. The van der Waals surface area contributed by atoms with Gasteiger partial charge in [-0.05, 0) is 180 Å². The number of carbonyl (C=O) groups excluding carboxylic acids is 3. The molecule has 2 aliphatic heterocycles. The van der Waals surface area contributed by atoms with Crippen LogP contribution < -0.4 is 34.4 Å². The third-order valence-corrected chi connectivity index (χ3v) is 16.9. The monoisotopic (exact) mass is 1610 g/mol. The molecule has 11 aromatic rings. The second-order valence-corrected chi connectivity index (χ2v) is 24.9. The maximum Gasteiger partial charge on any atom is 2.00 e. The van der Waals surface area contributed by atoms with Crippen LogP contribution in [-0.2, 0) is 18.9 Å². The Hall–Kier alpha value is -8.71. The van der Waals surface area contributed by atoms with E-state index in [4.69, 9.17) is 24.7 Å². The van der Waals surface area contributed by atoms with E-state index >= 15 is 0 Å². The summed E-state index contributed by atoms with van der Waals surface area (Å²) in [4.78, 5) is 36.5. The molecule has 0 spiro atoms. The predicted octanol–water partition coefficient (Wildman–Crippen LogP) is 15.3. The number of imide groups is 1. The molecule has 4 unspecified atom stereocenters. The van der Waals surface area contributed by atoms with Crippen molar-refractivity contribution in [3.8, 4) is 0 Å². The van der Waals surface area contributed by atoms with Gasteiger partial charge in [0.15, 0.2) is 0 Å². The molecule has 0 aromatic heterocycles. The number of hydrogen-bond donors (Lipinski definition) is 4. The average molecular weight is 1610 g/mol. The first-order chi connectivity index (χ1) is 51.4. The summed E-state index contributed by atoms with van der Waals surface area (Å²) in [7, 11) is 0. The van der Waals surface area contributed by atoms with Gasteiger partial charge in [0.05, 0.1) is 37.5 Å². The quantitative estimate of drug-likeness (QED) is 0.00881. The number of aliphatic hydroxyl groups is 1. The SMILES string of the molecule is C1CCOC1.Cc1ccccc1C(O)c1cccc(F)c1.Cc1ccccc1C(OCCBr)c1cccc(F)c1.Cc1ccccc1C(OCCN)c1cccc(F)c1.Cc1ccccc1C(OCCN1C(=O)c2ccccc2C1=O)c1cccc(F)c1.Cc1ccccc1C=O.Fc1c[c-]ccc1.NN.[Br-].[Mg+2]. The first-order valence-corrected chi connectivity index (χ1v) is 35.6. The van der Waals surface area contributed by atoms with Gasteiger partial charge in [-0.3, -0.25) is 35.4 Å². The number of ether oxygens (including phenoxy) is 4. The number of aldehydes is 1. The van der Waals surface area contributed by atoms with E-state index in [1.165, 1.54) is 78.4 Å². The maximum absolute atomic E-state index is 13.8. The minimum Gasteiger partial charge on any atom is -1.00 e. The molecule has 0 aliphatic carbocycles. The van der Waals surface area contributed by atoms with Crippen LogP contribution >= 0.6 is 15.9 Å². The molecule has 1 saturated heterocycles. The van der Waals surface area contributed by atoms with Crippen molar-refractivity contribution in [3.63, 3.8) is 0 Å². The van der Waals surface area contributed by atoms with Crippen molar-refractivity contribution in [2.24, 2.45) is 17.4 Å². The third-order valence-electron chi connectivity index (χ3n) is 16.6. The summed E-state index contributed by atoms with van der Waals surface area (Å²) < 4.78 is 88.2. The molecule has 2 amide bonds. The number of hydrogen-bond acceptors (Lipinski definition) is 11. The van der Waals surface area contributed by atoms with Crippen molar-refractivity contribution in [3.05, 3.63) is 391 Å². The molecule has 0 bridgehead atoms. The van der Waals surface area contributed by atoms with Crippen LogP contribution in [0.3, 0.4) is 0 Å². The van der Waals surface area contributed by atoms with Crippen LogP contribution in [0.25, 0.3) is 0 Å². The minimum absolute atomic E-state index is 0. The Labute approximate surface area is 666 Å². The minimum atomic E-state index is -0.767. The summed E-state index contributed by atoms with van der Waals surface area (Å²) in [6, 6.07) is 79.5. The number of benzene rings is 11. The van der Waals surface area contributed by atoms with Crippen LogP contribution in [0.5, 0.6) is 0 Å². The Morgan fingerprint density at radius 1 is 0.472 bits per heavy atom. The van der Waals surface area contributed by atoms with E-state index in [0.717, 1.165) is 91.6 Å². The van der Waals surface area contributed by atoms with E-state index in [9.17, 15) is 41.4 Å². The second kappa shape index (κ2) is 50.8. The van der Waals surface area contributed by atoms with E-state index in [2.05, 4.69) is 33.7 Å². The molecule has 11 aromatic carbocycles. The summed E-state index contributed by atoms with van der Waals surface area (Å²) in [6.07, 6.45) is 1.66. The molecule has 13 rings (SSSR count). The van der Waals surface area contributed by atoms with Crippen molar-refractivity contribution in [1.29, 1.82) is 0 Å². The van der Waals surface area contributed by atoms with Gasteiger partial charge >= 0.3 is 23.1 Å². The number of amides is 2. The zero-order chi connectivity index (χ0) is 76.6.